The molecule has 0 rings (SSSR count). The van der Waals surface area contributed by atoms with Crippen molar-refractivity contribution in [2.24, 2.45) is 5.73 Å². The van der Waals surface area contributed by atoms with E-state index < -0.39 is 0 Å². The molecule has 5 heteroatoms. The highest BCUT2D eigenvalue weighted by atomic mass is 32.1. The van der Waals surface area contributed by atoms with Crippen LogP contribution in [0.2, 0.25) is 0 Å². The van der Waals surface area contributed by atoms with Crippen LogP contribution in [0.3, 0.4) is 0 Å². The van der Waals surface area contributed by atoms with Crippen LogP contribution in [0, 0.1) is 0 Å². The minimum atomic E-state index is -0.315. The summed E-state index contributed by atoms with van der Waals surface area (Å²) in [5, 5.41) is 2.22. The van der Waals surface area contributed by atoms with Crippen molar-refractivity contribution < 1.29 is 9.59 Å². The van der Waals surface area contributed by atoms with E-state index in [4.69, 9.17) is 5.73 Å². The van der Waals surface area contributed by atoms with Gasteiger partial charge in [-0.3, -0.25) is 4.79 Å². The second-order valence-electron chi connectivity index (χ2n) is 2.52. The molecule has 0 aromatic carbocycles. The normalized spacial score (nSPS) is 12.2. The number of hydrogen-bond donors (Lipinski definition) is 3. The van der Waals surface area contributed by atoms with E-state index in [9.17, 15) is 9.59 Å². The molecule has 0 saturated heterocycles. The Kier molecular flexibility index (Phi) is 5.74. The molecule has 0 heterocycles. The van der Waals surface area contributed by atoms with Crippen LogP contribution in [0.4, 0.5) is 0 Å². The van der Waals surface area contributed by atoms with Gasteiger partial charge in [0, 0.05) is 19.4 Å². The number of carbonyl (C=O) groups is 2. The third-order valence-electron chi connectivity index (χ3n) is 1.25. The molecule has 0 saturated carbocycles. The molecule has 0 aliphatic rings. The summed E-state index contributed by atoms with van der Waals surface area (Å²) in [5.41, 5.74) is 5.22. The lowest BCUT2D eigenvalue weighted by Gasteiger charge is -2.09. The van der Waals surface area contributed by atoms with Gasteiger partial charge in [0.05, 0.1) is 5.37 Å². The largest absolute Gasteiger partial charge is 0.343 e. The third-order valence-corrected chi connectivity index (χ3v) is 1.59. The van der Waals surface area contributed by atoms with Crippen LogP contribution >= 0.6 is 12.6 Å². The highest BCUT2D eigenvalue weighted by molar-refractivity contribution is 7.81. The fourth-order valence-electron chi connectivity index (χ4n) is 0.606. The van der Waals surface area contributed by atoms with Crippen molar-refractivity contribution in [2.75, 3.05) is 6.54 Å². The second kappa shape index (κ2) is 6.02. The standard InChI is InChI=1S/C7H14N2O2S/c1-5(10)2-3-6(11)9-7(12)4-8/h7,12H,2-4,8H2,1H3,(H,9,11). The summed E-state index contributed by atoms with van der Waals surface area (Å²) in [6.45, 7) is 1.74. The molecule has 0 bridgehead atoms. The minimum absolute atomic E-state index is 0.00797. The summed E-state index contributed by atoms with van der Waals surface area (Å²) >= 11 is 3.97. The number of ketones is 1. The first-order valence-corrected chi connectivity index (χ1v) is 4.25. The molecule has 0 radical (unpaired) electrons. The van der Waals surface area contributed by atoms with Crippen molar-refractivity contribution in [3.05, 3.63) is 0 Å². The van der Waals surface area contributed by atoms with Crippen molar-refractivity contribution >= 4 is 24.3 Å². The Balaban J connectivity index is 3.53. The maximum absolute atomic E-state index is 10.9. The Morgan fingerprint density at radius 2 is 2.08 bits per heavy atom. The zero-order chi connectivity index (χ0) is 9.56. The lowest BCUT2D eigenvalue weighted by molar-refractivity contribution is -0.124. The fraction of sp³-hybridized carbons (Fsp3) is 0.714. The van der Waals surface area contributed by atoms with Gasteiger partial charge in [0.15, 0.2) is 0 Å². The lowest BCUT2D eigenvalue weighted by atomic mass is 10.2. The molecule has 3 N–H and O–H groups in total. The van der Waals surface area contributed by atoms with Gasteiger partial charge in [-0.1, -0.05) is 0 Å². The van der Waals surface area contributed by atoms with Gasteiger partial charge in [-0.15, -0.1) is 0 Å². The van der Waals surface area contributed by atoms with Gasteiger partial charge in [-0.05, 0) is 6.92 Å². The van der Waals surface area contributed by atoms with Crippen LogP contribution in [0.5, 0.6) is 0 Å². The summed E-state index contributed by atoms with van der Waals surface area (Å²) in [6.07, 6.45) is 0.489. The Morgan fingerprint density at radius 3 is 2.50 bits per heavy atom. The smallest absolute Gasteiger partial charge is 0.221 e. The SMILES string of the molecule is CC(=O)CCC(=O)NC(S)CN. The maximum Gasteiger partial charge on any atom is 0.221 e. The quantitative estimate of drug-likeness (QED) is 0.411. The minimum Gasteiger partial charge on any atom is -0.343 e. The zero-order valence-electron chi connectivity index (χ0n) is 7.04. The highest BCUT2D eigenvalue weighted by Crippen LogP contribution is 1.93. The summed E-state index contributed by atoms with van der Waals surface area (Å²) in [5.74, 6) is -0.177. The van der Waals surface area contributed by atoms with E-state index in [0.717, 1.165) is 0 Å². The molecule has 1 unspecified atom stereocenters. The van der Waals surface area contributed by atoms with Crippen molar-refractivity contribution in [1.82, 2.24) is 5.32 Å². The first kappa shape index (κ1) is 11.4. The van der Waals surface area contributed by atoms with Gasteiger partial charge >= 0.3 is 0 Å². The monoisotopic (exact) mass is 190 g/mol. The molecule has 0 aromatic rings. The number of nitrogens with one attached hydrogen (secondary N) is 1. The number of carbonyl (C=O) groups excluding carboxylic acids is 2. The van der Waals surface area contributed by atoms with E-state index in [2.05, 4.69) is 17.9 Å². The van der Waals surface area contributed by atoms with E-state index in [0.29, 0.717) is 0 Å². The molecule has 0 fully saturated rings. The zero-order valence-corrected chi connectivity index (χ0v) is 7.93. The molecule has 0 spiro atoms. The molecule has 1 amide bonds. The average molecular weight is 190 g/mol. The van der Waals surface area contributed by atoms with E-state index >= 15 is 0 Å². The first-order chi connectivity index (χ1) is 5.56. The van der Waals surface area contributed by atoms with Crippen LogP contribution in [0.1, 0.15) is 19.8 Å². The molecule has 0 aliphatic carbocycles. The molecular weight excluding hydrogens is 176 g/mol. The van der Waals surface area contributed by atoms with Crippen molar-refractivity contribution in [3.8, 4) is 0 Å². The summed E-state index contributed by atoms with van der Waals surface area (Å²) in [6, 6.07) is 0. The van der Waals surface area contributed by atoms with E-state index in [1.165, 1.54) is 6.92 Å². The van der Waals surface area contributed by atoms with Crippen molar-refractivity contribution in [3.63, 3.8) is 0 Å². The van der Waals surface area contributed by atoms with Gasteiger partial charge in [0.1, 0.15) is 5.78 Å². The Bertz CT molecular complexity index is 173. The molecular formula is C7H14N2O2S. The van der Waals surface area contributed by atoms with E-state index in [-0.39, 0.29) is 36.5 Å². The van der Waals surface area contributed by atoms with E-state index in [1.54, 1.807) is 0 Å². The number of nitrogens with two attached hydrogens (primary N) is 1. The van der Waals surface area contributed by atoms with Crippen LogP contribution in [-0.4, -0.2) is 23.6 Å². The number of amides is 1. The number of Topliss-reactive ketones (excluding diaryl/α,β-unsaturated/α-hetero) is 1. The molecule has 0 aromatic heterocycles. The van der Waals surface area contributed by atoms with Gasteiger partial charge in [0.2, 0.25) is 5.91 Å². The van der Waals surface area contributed by atoms with Crippen LogP contribution in [-0.2, 0) is 9.59 Å². The number of rotatable bonds is 5. The van der Waals surface area contributed by atoms with Crippen LogP contribution < -0.4 is 11.1 Å². The number of thiol groups is 1. The van der Waals surface area contributed by atoms with E-state index in [1.807, 2.05) is 0 Å². The molecule has 0 aliphatic heterocycles. The van der Waals surface area contributed by atoms with Gasteiger partial charge in [0.25, 0.3) is 0 Å². The van der Waals surface area contributed by atoms with Gasteiger partial charge in [-0.25, -0.2) is 0 Å². The summed E-state index contributed by atoms with van der Waals surface area (Å²) < 4.78 is 0. The highest BCUT2D eigenvalue weighted by Gasteiger charge is 2.06. The fourth-order valence-corrected chi connectivity index (χ4v) is 0.750. The second-order valence-corrected chi connectivity index (χ2v) is 3.14. The van der Waals surface area contributed by atoms with Crippen molar-refractivity contribution in [1.29, 1.82) is 0 Å². The van der Waals surface area contributed by atoms with Gasteiger partial charge in [-0.2, -0.15) is 12.6 Å². The molecule has 70 valence electrons. The third kappa shape index (κ3) is 6.18. The Labute approximate surface area is 77.3 Å². The molecule has 12 heavy (non-hydrogen) atoms. The topological polar surface area (TPSA) is 72.2 Å². The maximum atomic E-state index is 10.9. The molecule has 1 atom stereocenters. The summed E-state index contributed by atoms with van der Waals surface area (Å²) in [7, 11) is 0. The lowest BCUT2D eigenvalue weighted by Crippen LogP contribution is -2.36. The Hall–Kier alpha value is -0.550. The van der Waals surface area contributed by atoms with Gasteiger partial charge < -0.3 is 15.8 Å². The molecule has 4 nitrogen and oxygen atoms in total. The first-order valence-electron chi connectivity index (χ1n) is 3.73. The van der Waals surface area contributed by atoms with Crippen LogP contribution in [0.25, 0.3) is 0 Å². The van der Waals surface area contributed by atoms with Crippen molar-refractivity contribution in [2.45, 2.75) is 25.1 Å². The average Bonchev–Trinajstić information content (AvgIpc) is 2.00. The Morgan fingerprint density at radius 1 is 1.50 bits per heavy atom. The number of hydrogen-bond acceptors (Lipinski definition) is 4. The predicted molar refractivity (Wildman–Crippen MR) is 49.9 cm³/mol. The predicted octanol–water partition coefficient (Wildman–Crippen LogP) is -0.314. The van der Waals surface area contributed by atoms with Crippen LogP contribution in [0.15, 0.2) is 0 Å². The summed E-state index contributed by atoms with van der Waals surface area (Å²) in [4.78, 5) is 21.4.